The summed E-state index contributed by atoms with van der Waals surface area (Å²) in [6.45, 7) is 0.943. The van der Waals surface area contributed by atoms with Crippen molar-refractivity contribution in [3.05, 3.63) is 22.2 Å². The van der Waals surface area contributed by atoms with Gasteiger partial charge in [0.15, 0.2) is 11.5 Å². The topological polar surface area (TPSA) is 81.8 Å². The third-order valence-corrected chi connectivity index (χ3v) is 3.10. The molecule has 0 fully saturated rings. The highest BCUT2D eigenvalue weighted by atomic mass is 79.9. The Kier molecular flexibility index (Phi) is 3.54. The van der Waals surface area contributed by atoms with Crippen LogP contribution in [0, 0.1) is 0 Å². The van der Waals surface area contributed by atoms with Gasteiger partial charge < -0.3 is 20.3 Å². The van der Waals surface area contributed by atoms with Gasteiger partial charge >= 0.3 is 5.97 Å². The van der Waals surface area contributed by atoms with E-state index in [4.69, 9.17) is 20.3 Å². The van der Waals surface area contributed by atoms with Gasteiger partial charge in [0.1, 0.15) is 19.3 Å². The minimum Gasteiger partial charge on any atom is -0.486 e. The van der Waals surface area contributed by atoms with Gasteiger partial charge in [-0.1, -0.05) is 6.07 Å². The second kappa shape index (κ2) is 4.93. The minimum atomic E-state index is -1.03. The minimum absolute atomic E-state index is 0.217. The second-order valence-electron chi connectivity index (χ2n) is 3.71. The fraction of sp³-hybridized carbons (Fsp3) is 0.364. The maximum absolute atomic E-state index is 10.7. The van der Waals surface area contributed by atoms with Crippen molar-refractivity contribution >= 4 is 21.9 Å². The lowest BCUT2D eigenvalue weighted by Crippen LogP contribution is -2.32. The monoisotopic (exact) mass is 301 g/mol. The van der Waals surface area contributed by atoms with Crippen molar-refractivity contribution in [3.8, 4) is 11.5 Å². The van der Waals surface area contributed by atoms with E-state index in [0.717, 1.165) is 10.0 Å². The van der Waals surface area contributed by atoms with Crippen molar-refractivity contribution in [1.82, 2.24) is 0 Å². The number of carbonyl (C=O) groups is 1. The van der Waals surface area contributed by atoms with Crippen LogP contribution in [-0.2, 0) is 11.2 Å². The summed E-state index contributed by atoms with van der Waals surface area (Å²) < 4.78 is 11.8. The normalized spacial score (nSPS) is 15.4. The van der Waals surface area contributed by atoms with Crippen LogP contribution < -0.4 is 15.2 Å². The van der Waals surface area contributed by atoms with Crippen molar-refractivity contribution in [2.75, 3.05) is 13.2 Å². The Morgan fingerprint density at radius 3 is 2.71 bits per heavy atom. The quantitative estimate of drug-likeness (QED) is 0.876. The third kappa shape index (κ3) is 2.53. The van der Waals surface area contributed by atoms with Crippen LogP contribution in [0.1, 0.15) is 5.56 Å². The van der Waals surface area contributed by atoms with Gasteiger partial charge in [0, 0.05) is 12.0 Å². The molecule has 0 bridgehead atoms. The molecule has 2 rings (SSSR count). The lowest BCUT2D eigenvalue weighted by Gasteiger charge is -2.22. The number of rotatable bonds is 3. The summed E-state index contributed by atoms with van der Waals surface area (Å²) >= 11 is 3.36. The summed E-state index contributed by atoms with van der Waals surface area (Å²) in [7, 11) is 0. The Hall–Kier alpha value is -1.27. The molecule has 17 heavy (non-hydrogen) atoms. The van der Waals surface area contributed by atoms with Gasteiger partial charge in [-0.2, -0.15) is 0 Å². The lowest BCUT2D eigenvalue weighted by molar-refractivity contribution is -0.138. The van der Waals surface area contributed by atoms with Crippen LogP contribution in [0.4, 0.5) is 0 Å². The molecule has 6 heteroatoms. The number of carboxylic acids is 1. The zero-order valence-corrected chi connectivity index (χ0v) is 10.6. The SMILES string of the molecule is NC(Cc1ccc(Br)c2c1OCCO2)C(=O)O. The van der Waals surface area contributed by atoms with E-state index in [0.29, 0.717) is 24.7 Å². The molecule has 0 spiro atoms. The first-order valence-electron chi connectivity index (χ1n) is 5.15. The van der Waals surface area contributed by atoms with Crippen LogP contribution in [-0.4, -0.2) is 30.3 Å². The van der Waals surface area contributed by atoms with E-state index < -0.39 is 12.0 Å². The molecule has 1 heterocycles. The Morgan fingerprint density at radius 1 is 1.41 bits per heavy atom. The number of ether oxygens (including phenoxy) is 2. The molecule has 1 aromatic carbocycles. The first kappa shape index (κ1) is 12.2. The third-order valence-electron chi connectivity index (χ3n) is 2.48. The largest absolute Gasteiger partial charge is 0.486 e. The zero-order valence-electron chi connectivity index (χ0n) is 8.98. The maximum atomic E-state index is 10.7. The first-order valence-corrected chi connectivity index (χ1v) is 5.94. The Morgan fingerprint density at radius 2 is 2.06 bits per heavy atom. The molecule has 0 aliphatic carbocycles. The smallest absolute Gasteiger partial charge is 0.320 e. The van der Waals surface area contributed by atoms with Gasteiger partial charge in [0.05, 0.1) is 4.47 Å². The molecule has 0 saturated carbocycles. The van der Waals surface area contributed by atoms with E-state index in [2.05, 4.69) is 15.9 Å². The Bertz CT molecular complexity index is 449. The summed E-state index contributed by atoms with van der Waals surface area (Å²) in [6.07, 6.45) is 0.217. The molecular weight excluding hydrogens is 290 g/mol. The number of halogens is 1. The fourth-order valence-electron chi connectivity index (χ4n) is 1.64. The fourth-order valence-corrected chi connectivity index (χ4v) is 2.07. The highest BCUT2D eigenvalue weighted by Gasteiger charge is 2.22. The van der Waals surface area contributed by atoms with E-state index >= 15 is 0 Å². The Labute approximate surface area is 107 Å². The van der Waals surface area contributed by atoms with Crippen LogP contribution >= 0.6 is 15.9 Å². The molecule has 1 aliphatic rings. The number of hydrogen-bond acceptors (Lipinski definition) is 4. The predicted molar refractivity (Wildman–Crippen MR) is 64.4 cm³/mol. The summed E-state index contributed by atoms with van der Waals surface area (Å²) in [6, 6.07) is 2.66. The average Bonchev–Trinajstić information content (AvgIpc) is 2.33. The molecule has 1 atom stereocenters. The number of carboxylic acid groups (broad SMARTS) is 1. The van der Waals surface area contributed by atoms with Gasteiger partial charge in [-0.15, -0.1) is 0 Å². The molecule has 1 aromatic rings. The van der Waals surface area contributed by atoms with Crippen molar-refractivity contribution in [3.63, 3.8) is 0 Å². The molecule has 5 nitrogen and oxygen atoms in total. The molecule has 0 aromatic heterocycles. The van der Waals surface area contributed by atoms with Gasteiger partial charge in [0.25, 0.3) is 0 Å². The van der Waals surface area contributed by atoms with Crippen molar-refractivity contribution < 1.29 is 19.4 Å². The second-order valence-corrected chi connectivity index (χ2v) is 4.56. The van der Waals surface area contributed by atoms with Crippen LogP contribution in [0.15, 0.2) is 16.6 Å². The van der Waals surface area contributed by atoms with E-state index in [1.807, 2.05) is 0 Å². The number of benzene rings is 1. The number of hydrogen-bond donors (Lipinski definition) is 2. The molecule has 0 radical (unpaired) electrons. The molecule has 1 unspecified atom stereocenters. The number of aliphatic carboxylic acids is 1. The van der Waals surface area contributed by atoms with Gasteiger partial charge in [0.2, 0.25) is 0 Å². The van der Waals surface area contributed by atoms with E-state index in [1.54, 1.807) is 12.1 Å². The van der Waals surface area contributed by atoms with Crippen molar-refractivity contribution in [1.29, 1.82) is 0 Å². The molecular formula is C11H12BrNO4. The molecule has 0 amide bonds. The van der Waals surface area contributed by atoms with Crippen LogP contribution in [0.2, 0.25) is 0 Å². The number of fused-ring (bicyclic) bond motifs is 1. The molecule has 92 valence electrons. The van der Waals surface area contributed by atoms with Crippen molar-refractivity contribution in [2.45, 2.75) is 12.5 Å². The van der Waals surface area contributed by atoms with E-state index in [1.165, 1.54) is 0 Å². The molecule has 3 N–H and O–H groups in total. The summed E-state index contributed by atoms with van der Waals surface area (Å²) in [5.74, 6) is 0.173. The standard InChI is InChI=1S/C11H12BrNO4/c12-7-2-1-6(5-8(13)11(14)15)9-10(7)17-4-3-16-9/h1-2,8H,3-5,13H2,(H,14,15). The van der Waals surface area contributed by atoms with Crippen LogP contribution in [0.3, 0.4) is 0 Å². The van der Waals surface area contributed by atoms with Gasteiger partial charge in [-0.3, -0.25) is 4.79 Å². The lowest BCUT2D eigenvalue weighted by atomic mass is 10.0. The molecule has 1 aliphatic heterocycles. The highest BCUT2D eigenvalue weighted by molar-refractivity contribution is 9.10. The van der Waals surface area contributed by atoms with Gasteiger partial charge in [-0.05, 0) is 22.0 Å². The first-order chi connectivity index (χ1) is 8.09. The average molecular weight is 302 g/mol. The highest BCUT2D eigenvalue weighted by Crippen LogP contribution is 2.40. The number of nitrogens with two attached hydrogens (primary N) is 1. The summed E-state index contributed by atoms with van der Waals surface area (Å²) in [5.41, 5.74) is 6.26. The van der Waals surface area contributed by atoms with Crippen molar-refractivity contribution in [2.24, 2.45) is 5.73 Å². The zero-order chi connectivity index (χ0) is 12.4. The summed E-state index contributed by atoms with van der Waals surface area (Å²) in [4.78, 5) is 10.7. The van der Waals surface area contributed by atoms with E-state index in [-0.39, 0.29) is 6.42 Å². The summed E-state index contributed by atoms with van der Waals surface area (Å²) in [5, 5.41) is 8.80. The van der Waals surface area contributed by atoms with Crippen LogP contribution in [0.5, 0.6) is 11.5 Å². The Balaban J connectivity index is 2.32. The predicted octanol–water partition coefficient (Wildman–Crippen LogP) is 1.17. The van der Waals surface area contributed by atoms with Gasteiger partial charge in [-0.25, -0.2) is 0 Å². The maximum Gasteiger partial charge on any atom is 0.320 e. The van der Waals surface area contributed by atoms with E-state index in [9.17, 15) is 4.79 Å². The van der Waals surface area contributed by atoms with Crippen LogP contribution in [0.25, 0.3) is 0 Å². The molecule has 0 saturated heterocycles.